The van der Waals surface area contributed by atoms with Gasteiger partial charge < -0.3 is 0 Å². The predicted molar refractivity (Wildman–Crippen MR) is 115 cm³/mol. The SMILES string of the molecule is CC(C)(C)CCCCC(C)(C)C.CC(C)(C)CCCCC(C)(C)C. The largest absolute Gasteiger partial charge is 0.0602 e. The average molecular weight is 341 g/mol. The van der Waals surface area contributed by atoms with Gasteiger partial charge in [-0.25, -0.2) is 0 Å². The molecule has 0 bridgehead atoms. The Morgan fingerprint density at radius 2 is 0.417 bits per heavy atom. The van der Waals surface area contributed by atoms with Crippen LogP contribution in [0.25, 0.3) is 0 Å². The van der Waals surface area contributed by atoms with Crippen LogP contribution in [0, 0.1) is 21.7 Å². The highest BCUT2D eigenvalue weighted by molar-refractivity contribution is 4.66. The van der Waals surface area contributed by atoms with Gasteiger partial charge >= 0.3 is 0 Å². The summed E-state index contributed by atoms with van der Waals surface area (Å²) in [6.07, 6.45) is 11.0. The fourth-order valence-electron chi connectivity index (χ4n) is 2.62. The molecule has 0 aromatic heterocycles. The minimum Gasteiger partial charge on any atom is -0.0602 e. The molecule has 0 spiro atoms. The molecule has 148 valence electrons. The zero-order valence-corrected chi connectivity index (χ0v) is 19.7. The lowest BCUT2D eigenvalue weighted by molar-refractivity contribution is 0.318. The molecule has 0 N–H and O–H groups in total. The smallest absolute Gasteiger partial charge is 0.0383 e. The number of rotatable bonds is 6. The summed E-state index contributed by atoms with van der Waals surface area (Å²) in [5.41, 5.74) is 2.10. The van der Waals surface area contributed by atoms with Crippen LogP contribution in [0.5, 0.6) is 0 Å². The van der Waals surface area contributed by atoms with Gasteiger partial charge in [0.05, 0.1) is 0 Å². The standard InChI is InChI=1S/2C12H26/c2*1-11(2,3)9-7-8-10-12(4,5)6/h2*7-10H2,1-6H3. The van der Waals surface area contributed by atoms with E-state index in [1.165, 1.54) is 51.4 Å². The van der Waals surface area contributed by atoms with Crippen molar-refractivity contribution in [2.75, 3.05) is 0 Å². The van der Waals surface area contributed by atoms with Gasteiger partial charge in [0.15, 0.2) is 0 Å². The summed E-state index contributed by atoms with van der Waals surface area (Å²) in [5, 5.41) is 0. The lowest BCUT2D eigenvalue weighted by Gasteiger charge is -2.21. The van der Waals surface area contributed by atoms with Gasteiger partial charge in [0.2, 0.25) is 0 Å². The summed E-state index contributed by atoms with van der Waals surface area (Å²) >= 11 is 0. The molecule has 0 unspecified atom stereocenters. The van der Waals surface area contributed by atoms with Crippen molar-refractivity contribution in [2.45, 2.75) is 134 Å². The average Bonchev–Trinajstić information content (AvgIpc) is 2.27. The van der Waals surface area contributed by atoms with Crippen molar-refractivity contribution in [3.05, 3.63) is 0 Å². The zero-order chi connectivity index (χ0) is 19.7. The maximum atomic E-state index is 2.32. The molecule has 0 fully saturated rings. The highest BCUT2D eigenvalue weighted by Gasteiger charge is 2.13. The van der Waals surface area contributed by atoms with Crippen LogP contribution in [0.15, 0.2) is 0 Å². The third-order valence-corrected chi connectivity index (χ3v) is 4.21. The molecular weight excluding hydrogens is 288 g/mol. The molecule has 0 atom stereocenters. The molecule has 24 heavy (non-hydrogen) atoms. The van der Waals surface area contributed by atoms with E-state index in [-0.39, 0.29) is 0 Å². The van der Waals surface area contributed by atoms with Crippen LogP contribution in [0.4, 0.5) is 0 Å². The monoisotopic (exact) mass is 340 g/mol. The van der Waals surface area contributed by atoms with Crippen LogP contribution in [0.1, 0.15) is 134 Å². The van der Waals surface area contributed by atoms with Crippen LogP contribution in [-0.2, 0) is 0 Å². The molecule has 0 amide bonds. The first-order valence-electron chi connectivity index (χ1n) is 10.4. The zero-order valence-electron chi connectivity index (χ0n) is 19.7. The Morgan fingerprint density at radius 1 is 0.292 bits per heavy atom. The minimum atomic E-state index is 0.526. The second-order valence-corrected chi connectivity index (χ2v) is 12.7. The lowest BCUT2D eigenvalue weighted by atomic mass is 9.85. The summed E-state index contributed by atoms with van der Waals surface area (Å²) in [4.78, 5) is 0. The van der Waals surface area contributed by atoms with Crippen LogP contribution in [0.3, 0.4) is 0 Å². The normalized spacial score (nSPS) is 13.5. The third kappa shape index (κ3) is 29.9. The summed E-state index contributed by atoms with van der Waals surface area (Å²) < 4.78 is 0. The maximum absolute atomic E-state index is 2.32. The molecule has 0 saturated heterocycles. The second-order valence-electron chi connectivity index (χ2n) is 12.7. The first kappa shape index (κ1) is 26.2. The summed E-state index contributed by atoms with van der Waals surface area (Å²) in [7, 11) is 0. The molecular formula is C24H52. The third-order valence-electron chi connectivity index (χ3n) is 4.21. The molecule has 0 aromatic carbocycles. The van der Waals surface area contributed by atoms with Crippen molar-refractivity contribution in [2.24, 2.45) is 21.7 Å². The van der Waals surface area contributed by atoms with Crippen molar-refractivity contribution in [3.63, 3.8) is 0 Å². The van der Waals surface area contributed by atoms with Crippen LogP contribution in [-0.4, -0.2) is 0 Å². The molecule has 0 heterocycles. The predicted octanol–water partition coefficient (Wildman–Crippen LogP) is 9.28. The molecule has 0 heteroatoms. The molecule has 0 radical (unpaired) electrons. The van der Waals surface area contributed by atoms with E-state index in [9.17, 15) is 0 Å². The molecule has 0 nitrogen and oxygen atoms in total. The van der Waals surface area contributed by atoms with Crippen LogP contribution in [0.2, 0.25) is 0 Å². The van der Waals surface area contributed by atoms with Gasteiger partial charge in [-0.3, -0.25) is 0 Å². The van der Waals surface area contributed by atoms with E-state index in [4.69, 9.17) is 0 Å². The summed E-state index contributed by atoms with van der Waals surface area (Å²) in [5.74, 6) is 0. The first-order chi connectivity index (χ1) is 10.4. The lowest BCUT2D eigenvalue weighted by Crippen LogP contribution is -2.07. The maximum Gasteiger partial charge on any atom is -0.0383 e. The van der Waals surface area contributed by atoms with E-state index in [2.05, 4.69) is 83.1 Å². The van der Waals surface area contributed by atoms with E-state index >= 15 is 0 Å². The Bertz CT molecular complexity index is 218. The van der Waals surface area contributed by atoms with E-state index in [1.807, 2.05) is 0 Å². The van der Waals surface area contributed by atoms with Crippen molar-refractivity contribution in [1.82, 2.24) is 0 Å². The Balaban J connectivity index is 0. The highest BCUT2D eigenvalue weighted by Crippen LogP contribution is 2.27. The molecule has 0 aromatic rings. The van der Waals surface area contributed by atoms with Crippen molar-refractivity contribution >= 4 is 0 Å². The van der Waals surface area contributed by atoms with E-state index < -0.39 is 0 Å². The van der Waals surface area contributed by atoms with E-state index in [0.29, 0.717) is 21.7 Å². The molecule has 0 aliphatic heterocycles. The van der Waals surface area contributed by atoms with Crippen LogP contribution < -0.4 is 0 Å². The Kier molecular flexibility index (Phi) is 11.9. The van der Waals surface area contributed by atoms with Gasteiger partial charge in [0.25, 0.3) is 0 Å². The fraction of sp³-hybridized carbons (Fsp3) is 1.00. The van der Waals surface area contributed by atoms with Crippen molar-refractivity contribution in [3.8, 4) is 0 Å². The van der Waals surface area contributed by atoms with Gasteiger partial charge in [-0.15, -0.1) is 0 Å². The summed E-state index contributed by atoms with van der Waals surface area (Å²) in [6, 6.07) is 0. The van der Waals surface area contributed by atoms with Crippen molar-refractivity contribution in [1.29, 1.82) is 0 Å². The highest BCUT2D eigenvalue weighted by atomic mass is 14.2. The van der Waals surface area contributed by atoms with Gasteiger partial charge in [-0.1, -0.05) is 109 Å². The Hall–Kier alpha value is 0. The van der Waals surface area contributed by atoms with Gasteiger partial charge in [-0.2, -0.15) is 0 Å². The molecule has 0 aliphatic carbocycles. The first-order valence-corrected chi connectivity index (χ1v) is 10.4. The minimum absolute atomic E-state index is 0.526. The topological polar surface area (TPSA) is 0 Å². The second kappa shape index (κ2) is 10.9. The van der Waals surface area contributed by atoms with E-state index in [0.717, 1.165) is 0 Å². The van der Waals surface area contributed by atoms with Crippen LogP contribution >= 0.6 is 0 Å². The van der Waals surface area contributed by atoms with Gasteiger partial charge in [-0.05, 0) is 47.3 Å². The number of unbranched alkanes of at least 4 members (excludes halogenated alkanes) is 2. The number of hydrogen-bond acceptors (Lipinski definition) is 0. The molecule has 0 saturated carbocycles. The fourth-order valence-corrected chi connectivity index (χ4v) is 2.62. The summed E-state index contributed by atoms with van der Waals surface area (Å²) in [6.45, 7) is 27.9. The number of hydrogen-bond donors (Lipinski definition) is 0. The van der Waals surface area contributed by atoms with E-state index in [1.54, 1.807) is 0 Å². The molecule has 0 rings (SSSR count). The Morgan fingerprint density at radius 3 is 0.500 bits per heavy atom. The molecule has 0 aliphatic rings. The van der Waals surface area contributed by atoms with Crippen molar-refractivity contribution < 1.29 is 0 Å². The Labute approximate surface area is 156 Å². The van der Waals surface area contributed by atoms with Gasteiger partial charge in [0, 0.05) is 0 Å². The quantitative estimate of drug-likeness (QED) is 0.422. The van der Waals surface area contributed by atoms with Gasteiger partial charge in [0.1, 0.15) is 0 Å².